The van der Waals surface area contributed by atoms with Crippen LogP contribution >= 0.6 is 24.8 Å². The maximum Gasteiger partial charge on any atom is 0.0527 e. The molecule has 1 atom stereocenters. The van der Waals surface area contributed by atoms with E-state index in [4.69, 9.17) is 0 Å². The van der Waals surface area contributed by atoms with Crippen LogP contribution in [0, 0.1) is 0 Å². The first-order valence-electron chi connectivity index (χ1n) is 6.31. The van der Waals surface area contributed by atoms with Gasteiger partial charge in [0.05, 0.1) is 5.69 Å². The Kier molecular flexibility index (Phi) is 8.34. The van der Waals surface area contributed by atoms with Crippen LogP contribution in [0.25, 0.3) is 0 Å². The summed E-state index contributed by atoms with van der Waals surface area (Å²) >= 11 is 0. The summed E-state index contributed by atoms with van der Waals surface area (Å²) in [4.78, 5) is 4.07. The minimum atomic E-state index is 0. The smallest absolute Gasteiger partial charge is 0.0527 e. The molecule has 2 heterocycles. The van der Waals surface area contributed by atoms with Gasteiger partial charge in [0.2, 0.25) is 0 Å². The van der Waals surface area contributed by atoms with E-state index in [1.165, 1.54) is 6.42 Å². The summed E-state index contributed by atoms with van der Waals surface area (Å²) < 4.78 is 0. The largest absolute Gasteiger partial charge is 0.383 e. The van der Waals surface area contributed by atoms with E-state index in [0.717, 1.165) is 25.3 Å². The molecule has 1 aliphatic heterocycles. The topological polar surface area (TPSA) is 49.0 Å². The highest BCUT2D eigenvalue weighted by Crippen LogP contribution is 2.17. The van der Waals surface area contributed by atoms with Gasteiger partial charge in [-0.05, 0) is 38.9 Å². The summed E-state index contributed by atoms with van der Waals surface area (Å²) in [5.41, 5.74) is 1.30. The molecule has 0 radical (unpaired) electrons. The lowest BCUT2D eigenvalue weighted by Gasteiger charge is -2.28. The molecule has 0 bridgehead atoms. The summed E-state index contributed by atoms with van der Waals surface area (Å²) in [6.07, 6.45) is 4.84. The predicted octanol–water partition coefficient (Wildman–Crippen LogP) is 2.07. The van der Waals surface area contributed by atoms with E-state index in [9.17, 15) is 0 Å². The number of nitrogens with zero attached hydrogens (tertiary/aromatic N) is 1. The van der Waals surface area contributed by atoms with Crippen molar-refractivity contribution >= 4 is 30.5 Å². The van der Waals surface area contributed by atoms with Crippen molar-refractivity contribution in [3.05, 3.63) is 24.5 Å². The molecule has 2 rings (SSSR count). The summed E-state index contributed by atoms with van der Waals surface area (Å²) in [5, 5.41) is 10.5. The second kappa shape index (κ2) is 8.59. The minimum absolute atomic E-state index is 0. The summed E-state index contributed by atoms with van der Waals surface area (Å²) in [6, 6.07) is 4.55. The molecule has 110 valence electrons. The van der Waals surface area contributed by atoms with E-state index in [-0.39, 0.29) is 30.4 Å². The SMILES string of the molecule is CC1(C)NCCC1NCCNc1cccnc1.Cl.Cl. The summed E-state index contributed by atoms with van der Waals surface area (Å²) in [7, 11) is 0. The Hall–Kier alpha value is -0.550. The second-order valence-corrected chi connectivity index (χ2v) is 5.11. The van der Waals surface area contributed by atoms with Gasteiger partial charge in [0, 0.05) is 37.1 Å². The Labute approximate surface area is 128 Å². The van der Waals surface area contributed by atoms with Gasteiger partial charge in [0.15, 0.2) is 0 Å². The Morgan fingerprint density at radius 3 is 2.74 bits per heavy atom. The third kappa shape index (κ3) is 5.53. The molecule has 4 nitrogen and oxygen atoms in total. The third-order valence-corrected chi connectivity index (χ3v) is 3.39. The van der Waals surface area contributed by atoms with Crippen LogP contribution in [0.4, 0.5) is 5.69 Å². The van der Waals surface area contributed by atoms with Gasteiger partial charge in [-0.1, -0.05) is 0 Å². The first-order chi connectivity index (χ1) is 8.18. The zero-order chi connectivity index (χ0) is 12.1. The molecule has 0 saturated carbocycles. The normalized spacial score (nSPS) is 20.2. The molecular weight excluding hydrogens is 283 g/mol. The van der Waals surface area contributed by atoms with Gasteiger partial charge in [-0.3, -0.25) is 4.98 Å². The first kappa shape index (κ1) is 18.4. The van der Waals surface area contributed by atoms with E-state index in [0.29, 0.717) is 6.04 Å². The Balaban J connectivity index is 0.00000162. The molecule has 3 N–H and O–H groups in total. The molecule has 19 heavy (non-hydrogen) atoms. The van der Waals surface area contributed by atoms with Gasteiger partial charge in [0.25, 0.3) is 0 Å². The predicted molar refractivity (Wildman–Crippen MR) is 85.7 cm³/mol. The van der Waals surface area contributed by atoms with Crippen molar-refractivity contribution in [1.29, 1.82) is 0 Å². The van der Waals surface area contributed by atoms with E-state index in [2.05, 4.69) is 34.8 Å². The van der Waals surface area contributed by atoms with E-state index in [1.54, 1.807) is 6.20 Å². The number of nitrogens with one attached hydrogen (secondary N) is 3. The molecule has 0 aromatic carbocycles. The molecule has 1 fully saturated rings. The lowest BCUT2D eigenvalue weighted by atomic mass is 9.97. The molecule has 0 aliphatic carbocycles. The zero-order valence-electron chi connectivity index (χ0n) is 11.5. The fourth-order valence-electron chi connectivity index (χ4n) is 2.30. The first-order valence-corrected chi connectivity index (χ1v) is 6.31. The van der Waals surface area contributed by atoms with Crippen molar-refractivity contribution < 1.29 is 0 Å². The van der Waals surface area contributed by atoms with E-state index >= 15 is 0 Å². The highest BCUT2D eigenvalue weighted by Gasteiger charge is 2.33. The number of hydrogen-bond donors (Lipinski definition) is 3. The average Bonchev–Trinajstić information content (AvgIpc) is 2.66. The number of hydrogen-bond acceptors (Lipinski definition) is 4. The van der Waals surface area contributed by atoms with E-state index in [1.807, 2.05) is 18.3 Å². The van der Waals surface area contributed by atoms with Crippen LogP contribution in [0.2, 0.25) is 0 Å². The lowest BCUT2D eigenvalue weighted by molar-refractivity contribution is 0.355. The van der Waals surface area contributed by atoms with Gasteiger partial charge < -0.3 is 16.0 Å². The molecule has 1 saturated heterocycles. The van der Waals surface area contributed by atoms with Crippen LogP contribution in [-0.2, 0) is 0 Å². The highest BCUT2D eigenvalue weighted by atomic mass is 35.5. The lowest BCUT2D eigenvalue weighted by Crippen LogP contribution is -2.49. The second-order valence-electron chi connectivity index (χ2n) is 5.11. The Bertz CT molecular complexity index is 346. The number of rotatable bonds is 5. The van der Waals surface area contributed by atoms with Gasteiger partial charge in [-0.2, -0.15) is 0 Å². The van der Waals surface area contributed by atoms with Crippen molar-refractivity contribution in [3.63, 3.8) is 0 Å². The molecule has 6 heteroatoms. The van der Waals surface area contributed by atoms with Crippen molar-refractivity contribution in [2.45, 2.75) is 31.8 Å². The molecule has 1 aromatic heterocycles. The summed E-state index contributed by atoms with van der Waals surface area (Å²) in [5.74, 6) is 0. The van der Waals surface area contributed by atoms with Crippen molar-refractivity contribution in [3.8, 4) is 0 Å². The Morgan fingerprint density at radius 2 is 2.16 bits per heavy atom. The quantitative estimate of drug-likeness (QED) is 0.729. The summed E-state index contributed by atoms with van der Waals surface area (Å²) in [6.45, 7) is 7.53. The molecule has 0 spiro atoms. The fourth-order valence-corrected chi connectivity index (χ4v) is 2.30. The Morgan fingerprint density at radius 1 is 1.37 bits per heavy atom. The van der Waals surface area contributed by atoms with Crippen LogP contribution in [-0.4, -0.2) is 36.2 Å². The van der Waals surface area contributed by atoms with Crippen LogP contribution in [0.15, 0.2) is 24.5 Å². The monoisotopic (exact) mass is 306 g/mol. The van der Waals surface area contributed by atoms with Gasteiger partial charge in [0.1, 0.15) is 0 Å². The van der Waals surface area contributed by atoms with Gasteiger partial charge >= 0.3 is 0 Å². The molecule has 1 aromatic rings. The van der Waals surface area contributed by atoms with Crippen molar-refractivity contribution in [2.24, 2.45) is 0 Å². The van der Waals surface area contributed by atoms with Crippen LogP contribution < -0.4 is 16.0 Å². The maximum atomic E-state index is 4.07. The average molecular weight is 307 g/mol. The van der Waals surface area contributed by atoms with Crippen LogP contribution in [0.1, 0.15) is 20.3 Å². The highest BCUT2D eigenvalue weighted by molar-refractivity contribution is 5.85. The minimum Gasteiger partial charge on any atom is -0.383 e. The number of halogens is 2. The standard InChI is InChI=1S/C13H22N4.2ClH/c1-13(2)12(5-7-17-13)16-9-8-15-11-4-3-6-14-10-11;;/h3-4,6,10,12,15-17H,5,7-9H2,1-2H3;2*1H. The molecule has 1 aliphatic rings. The molecular formula is C13H24Cl2N4. The number of pyridine rings is 1. The van der Waals surface area contributed by atoms with Crippen molar-refractivity contribution in [2.75, 3.05) is 25.0 Å². The number of aromatic nitrogens is 1. The number of anilines is 1. The van der Waals surface area contributed by atoms with Crippen LogP contribution in [0.3, 0.4) is 0 Å². The van der Waals surface area contributed by atoms with Crippen molar-refractivity contribution in [1.82, 2.24) is 15.6 Å². The van der Waals surface area contributed by atoms with Gasteiger partial charge in [-0.15, -0.1) is 24.8 Å². The zero-order valence-corrected chi connectivity index (χ0v) is 13.1. The van der Waals surface area contributed by atoms with Crippen LogP contribution in [0.5, 0.6) is 0 Å². The van der Waals surface area contributed by atoms with E-state index < -0.39 is 0 Å². The third-order valence-electron chi connectivity index (χ3n) is 3.39. The maximum absolute atomic E-state index is 4.07. The molecule has 1 unspecified atom stereocenters. The fraction of sp³-hybridized carbons (Fsp3) is 0.615. The van der Waals surface area contributed by atoms with Gasteiger partial charge in [-0.25, -0.2) is 0 Å². The molecule has 0 amide bonds.